The SMILES string of the molecule is COC(=O)[C@H](CC=CCCC(=O)O)NC(=O)OCC1c2ccccc2-c2ccccc21. The molecule has 1 amide bonds. The summed E-state index contributed by atoms with van der Waals surface area (Å²) in [5, 5.41) is 11.2. The number of methoxy groups -OCH3 is 1. The molecule has 31 heavy (non-hydrogen) atoms. The van der Waals surface area contributed by atoms with Crippen molar-refractivity contribution in [2.75, 3.05) is 13.7 Å². The van der Waals surface area contributed by atoms with Crippen molar-refractivity contribution in [2.45, 2.75) is 31.2 Å². The predicted molar refractivity (Wildman–Crippen MR) is 115 cm³/mol. The van der Waals surface area contributed by atoms with E-state index < -0.39 is 24.1 Å². The number of carboxylic acids is 1. The van der Waals surface area contributed by atoms with Crippen molar-refractivity contribution < 1.29 is 29.0 Å². The fourth-order valence-electron chi connectivity index (χ4n) is 3.70. The van der Waals surface area contributed by atoms with Crippen molar-refractivity contribution in [1.82, 2.24) is 5.32 Å². The van der Waals surface area contributed by atoms with Gasteiger partial charge in [-0.2, -0.15) is 0 Å². The van der Waals surface area contributed by atoms with Gasteiger partial charge < -0.3 is 19.9 Å². The number of amides is 1. The number of fused-ring (bicyclic) bond motifs is 3. The van der Waals surface area contributed by atoms with Gasteiger partial charge in [-0.15, -0.1) is 0 Å². The van der Waals surface area contributed by atoms with E-state index in [1.807, 2.05) is 36.4 Å². The quantitative estimate of drug-likeness (QED) is 0.469. The van der Waals surface area contributed by atoms with Crippen molar-refractivity contribution in [1.29, 1.82) is 0 Å². The van der Waals surface area contributed by atoms with Crippen LogP contribution in [0.25, 0.3) is 11.1 Å². The molecule has 0 fully saturated rings. The molecule has 7 nitrogen and oxygen atoms in total. The van der Waals surface area contributed by atoms with E-state index in [4.69, 9.17) is 14.6 Å². The number of carbonyl (C=O) groups is 3. The molecule has 0 saturated heterocycles. The summed E-state index contributed by atoms with van der Waals surface area (Å²) >= 11 is 0. The summed E-state index contributed by atoms with van der Waals surface area (Å²) in [4.78, 5) is 34.9. The molecule has 0 saturated carbocycles. The average molecular weight is 423 g/mol. The molecule has 162 valence electrons. The topological polar surface area (TPSA) is 102 Å². The summed E-state index contributed by atoms with van der Waals surface area (Å²) in [5.41, 5.74) is 4.46. The number of benzene rings is 2. The summed E-state index contributed by atoms with van der Waals surface area (Å²) in [6.45, 7) is 0.141. The second-order valence-corrected chi connectivity index (χ2v) is 7.19. The van der Waals surface area contributed by atoms with Gasteiger partial charge in [0.15, 0.2) is 0 Å². The summed E-state index contributed by atoms with van der Waals surface area (Å²) in [6.07, 6.45) is 3.11. The third-order valence-corrected chi connectivity index (χ3v) is 5.18. The van der Waals surface area contributed by atoms with Gasteiger partial charge in [0, 0.05) is 12.3 Å². The van der Waals surface area contributed by atoms with Gasteiger partial charge in [-0.05, 0) is 35.1 Å². The standard InChI is InChI=1S/C24H25NO6/c1-30-23(28)21(13-3-2-4-14-22(26)27)25-24(29)31-15-20-18-11-7-5-9-16(18)17-10-6-8-12-19(17)20/h2-3,5-12,20-21H,4,13-15H2,1H3,(H,25,29)(H,26,27)/t21-/m0/s1. The highest BCUT2D eigenvalue weighted by atomic mass is 16.6. The van der Waals surface area contributed by atoms with Crippen LogP contribution in [-0.4, -0.2) is 42.9 Å². The lowest BCUT2D eigenvalue weighted by Gasteiger charge is -2.17. The van der Waals surface area contributed by atoms with Gasteiger partial charge in [0.05, 0.1) is 7.11 Å². The third kappa shape index (κ3) is 5.51. The Morgan fingerprint density at radius 1 is 1.03 bits per heavy atom. The summed E-state index contributed by atoms with van der Waals surface area (Å²) in [7, 11) is 1.24. The number of alkyl carbamates (subject to hydrolysis) is 1. The molecule has 0 bridgehead atoms. The van der Waals surface area contributed by atoms with Crippen LogP contribution >= 0.6 is 0 Å². The number of carbonyl (C=O) groups excluding carboxylic acids is 2. The Labute approximate surface area is 180 Å². The van der Waals surface area contributed by atoms with Crippen LogP contribution in [0.3, 0.4) is 0 Å². The molecule has 2 aromatic carbocycles. The molecule has 0 heterocycles. The maximum Gasteiger partial charge on any atom is 0.407 e. The highest BCUT2D eigenvalue weighted by Gasteiger charge is 2.29. The van der Waals surface area contributed by atoms with Crippen LogP contribution in [0.4, 0.5) is 4.79 Å². The van der Waals surface area contributed by atoms with Gasteiger partial charge >= 0.3 is 18.0 Å². The Balaban J connectivity index is 1.60. The number of ether oxygens (including phenoxy) is 2. The number of carboxylic acid groups (broad SMARTS) is 1. The maximum absolute atomic E-state index is 12.4. The minimum Gasteiger partial charge on any atom is -0.481 e. The zero-order valence-corrected chi connectivity index (χ0v) is 17.2. The number of nitrogens with one attached hydrogen (secondary N) is 1. The highest BCUT2D eigenvalue weighted by Crippen LogP contribution is 2.44. The third-order valence-electron chi connectivity index (χ3n) is 5.18. The van der Waals surface area contributed by atoms with Crippen LogP contribution < -0.4 is 5.32 Å². The van der Waals surface area contributed by atoms with Crippen LogP contribution in [0.1, 0.15) is 36.3 Å². The summed E-state index contributed by atoms with van der Waals surface area (Å²) in [5.74, 6) is -1.58. The predicted octanol–water partition coefficient (Wildman–Crippen LogP) is 3.88. The first-order valence-electron chi connectivity index (χ1n) is 10.1. The van der Waals surface area contributed by atoms with Crippen molar-refractivity contribution in [3.8, 4) is 11.1 Å². The molecule has 0 unspecified atom stereocenters. The fraction of sp³-hybridized carbons (Fsp3) is 0.292. The smallest absolute Gasteiger partial charge is 0.407 e. The number of hydrogen-bond acceptors (Lipinski definition) is 5. The molecule has 3 rings (SSSR count). The molecular weight excluding hydrogens is 398 g/mol. The molecule has 2 N–H and O–H groups in total. The van der Waals surface area contributed by atoms with Crippen LogP contribution in [0.2, 0.25) is 0 Å². The van der Waals surface area contributed by atoms with Gasteiger partial charge in [0.1, 0.15) is 12.6 Å². The Morgan fingerprint density at radius 2 is 1.65 bits per heavy atom. The first-order chi connectivity index (χ1) is 15.0. The zero-order chi connectivity index (χ0) is 22.2. The second-order valence-electron chi connectivity index (χ2n) is 7.19. The molecule has 0 spiro atoms. The van der Waals surface area contributed by atoms with Crippen molar-refractivity contribution >= 4 is 18.0 Å². The largest absolute Gasteiger partial charge is 0.481 e. The van der Waals surface area contributed by atoms with Crippen LogP contribution in [0.15, 0.2) is 60.7 Å². The number of hydrogen-bond donors (Lipinski definition) is 2. The zero-order valence-electron chi connectivity index (χ0n) is 17.2. The second kappa shape index (κ2) is 10.4. The minimum atomic E-state index is -0.915. The summed E-state index contributed by atoms with van der Waals surface area (Å²) < 4.78 is 10.2. The van der Waals surface area contributed by atoms with E-state index in [0.29, 0.717) is 6.42 Å². The van der Waals surface area contributed by atoms with Crippen molar-refractivity contribution in [3.63, 3.8) is 0 Å². The Morgan fingerprint density at radius 3 is 2.23 bits per heavy atom. The Bertz CT molecular complexity index is 938. The number of rotatable bonds is 9. The van der Waals surface area contributed by atoms with E-state index in [1.165, 1.54) is 7.11 Å². The van der Waals surface area contributed by atoms with Gasteiger partial charge in [-0.25, -0.2) is 9.59 Å². The van der Waals surface area contributed by atoms with Gasteiger partial charge in [0.25, 0.3) is 0 Å². The molecule has 1 atom stereocenters. The molecular formula is C24H25NO6. The van der Waals surface area contributed by atoms with Crippen molar-refractivity contribution in [3.05, 3.63) is 71.8 Å². The molecule has 0 aromatic heterocycles. The molecule has 2 aromatic rings. The van der Waals surface area contributed by atoms with Crippen LogP contribution in [0, 0.1) is 0 Å². The lowest BCUT2D eigenvalue weighted by Crippen LogP contribution is -2.41. The highest BCUT2D eigenvalue weighted by molar-refractivity contribution is 5.82. The molecule has 1 aliphatic rings. The first-order valence-corrected chi connectivity index (χ1v) is 10.1. The van der Waals surface area contributed by atoms with E-state index in [-0.39, 0.29) is 25.4 Å². The van der Waals surface area contributed by atoms with Crippen LogP contribution in [-0.2, 0) is 19.1 Å². The first kappa shape index (κ1) is 22.1. The minimum absolute atomic E-state index is 0.000796. The van der Waals surface area contributed by atoms with Gasteiger partial charge in [-0.1, -0.05) is 60.7 Å². The average Bonchev–Trinajstić information content (AvgIpc) is 3.09. The fourth-order valence-corrected chi connectivity index (χ4v) is 3.70. The van der Waals surface area contributed by atoms with Gasteiger partial charge in [-0.3, -0.25) is 4.79 Å². The van der Waals surface area contributed by atoms with Crippen LogP contribution in [0.5, 0.6) is 0 Å². The number of aliphatic carboxylic acids is 1. The molecule has 0 aliphatic heterocycles. The summed E-state index contributed by atoms with van der Waals surface area (Å²) in [6, 6.07) is 15.1. The van der Waals surface area contributed by atoms with E-state index in [9.17, 15) is 14.4 Å². The molecule has 7 heteroatoms. The number of allylic oxidation sites excluding steroid dienone is 1. The lowest BCUT2D eigenvalue weighted by atomic mass is 9.98. The Hall–Kier alpha value is -3.61. The van der Waals surface area contributed by atoms with Crippen molar-refractivity contribution in [2.24, 2.45) is 0 Å². The molecule has 1 aliphatic carbocycles. The van der Waals surface area contributed by atoms with E-state index >= 15 is 0 Å². The Kier molecular flexibility index (Phi) is 7.43. The van der Waals surface area contributed by atoms with E-state index in [0.717, 1.165) is 22.3 Å². The molecule has 0 radical (unpaired) electrons. The number of esters is 1. The van der Waals surface area contributed by atoms with Gasteiger partial charge in [0.2, 0.25) is 0 Å². The normalized spacial score (nSPS) is 13.3. The maximum atomic E-state index is 12.4. The van der Waals surface area contributed by atoms with E-state index in [2.05, 4.69) is 17.4 Å². The lowest BCUT2D eigenvalue weighted by molar-refractivity contribution is -0.143. The van der Waals surface area contributed by atoms with E-state index in [1.54, 1.807) is 12.2 Å². The monoisotopic (exact) mass is 423 g/mol.